The number of carbonyl (C=O) groups is 1. The van der Waals surface area contributed by atoms with Gasteiger partial charge in [0.05, 0.1) is 16.8 Å². The van der Waals surface area contributed by atoms with Gasteiger partial charge in [0.25, 0.3) is 0 Å². The molecule has 4 rings (SSSR count). The number of aliphatic carboxylic acids is 1. The first kappa shape index (κ1) is 23.0. The van der Waals surface area contributed by atoms with E-state index in [0.29, 0.717) is 28.7 Å². The van der Waals surface area contributed by atoms with Crippen LogP contribution in [0, 0.1) is 6.92 Å². The van der Waals surface area contributed by atoms with Gasteiger partial charge in [-0.25, -0.2) is 4.79 Å². The Bertz CT molecular complexity index is 1400. The second kappa shape index (κ2) is 8.33. The lowest BCUT2D eigenvalue weighted by Crippen LogP contribution is -2.03. The summed E-state index contributed by atoms with van der Waals surface area (Å²) in [5, 5.41) is 15.1. The number of thiophene rings is 1. The van der Waals surface area contributed by atoms with Crippen molar-refractivity contribution >= 4 is 43.9 Å². The molecule has 2 heterocycles. The Morgan fingerprint density at radius 1 is 1.18 bits per heavy atom. The van der Waals surface area contributed by atoms with E-state index in [4.69, 9.17) is 4.52 Å². The smallest absolute Gasteiger partial charge is 0.416 e. The summed E-state index contributed by atoms with van der Waals surface area (Å²) in [6.07, 6.45) is -3.22. The molecule has 0 saturated carbocycles. The van der Waals surface area contributed by atoms with E-state index in [0.717, 1.165) is 38.5 Å². The maximum absolute atomic E-state index is 13.2. The van der Waals surface area contributed by atoms with Crippen LogP contribution >= 0.6 is 11.3 Å². The second-order valence-corrected chi connectivity index (χ2v) is 9.52. The minimum absolute atomic E-state index is 0.0163. The van der Waals surface area contributed by atoms with Crippen LogP contribution in [0.25, 0.3) is 26.6 Å². The van der Waals surface area contributed by atoms with Crippen LogP contribution in [-0.2, 0) is 23.8 Å². The number of alkyl halides is 3. The monoisotopic (exact) mass is 473 g/mol. The number of fused-ring (bicyclic) bond motifs is 2. The summed E-state index contributed by atoms with van der Waals surface area (Å²) in [5.41, 5.74) is 2.85. The van der Waals surface area contributed by atoms with E-state index in [9.17, 15) is 23.1 Å². The average molecular weight is 474 g/mol. The van der Waals surface area contributed by atoms with E-state index < -0.39 is 17.7 Å². The van der Waals surface area contributed by atoms with E-state index in [-0.39, 0.29) is 11.5 Å². The standard InChI is InChI=1S/C25H22F3NO3S/c1-12(2)23-16-6-5-15(25(26,27)28)10-22(16)33-21(23)8-7-19-18-9-13(3)17(14(4)24(30)31)11-20(18)32-29-19/h5-6,9-12H,4,7-8H2,1-3H3,(H,30,31). The van der Waals surface area contributed by atoms with Gasteiger partial charge in [0.1, 0.15) is 0 Å². The molecule has 33 heavy (non-hydrogen) atoms. The van der Waals surface area contributed by atoms with Gasteiger partial charge in [-0.05, 0) is 72.0 Å². The SMILES string of the molecule is C=C(C(=O)O)c1cc2onc(CCc3sc4cc(C(F)(F)F)ccc4c3C(C)C)c2cc1C. The number of rotatable bonds is 6. The Balaban J connectivity index is 1.68. The summed E-state index contributed by atoms with van der Waals surface area (Å²) >= 11 is 1.39. The predicted molar refractivity (Wildman–Crippen MR) is 124 cm³/mol. The molecule has 0 radical (unpaired) electrons. The molecule has 8 heteroatoms. The van der Waals surface area contributed by atoms with E-state index in [1.807, 2.05) is 19.9 Å². The zero-order chi connectivity index (χ0) is 24.1. The van der Waals surface area contributed by atoms with Crippen LogP contribution in [0.15, 0.2) is 41.4 Å². The molecule has 0 aliphatic heterocycles. The van der Waals surface area contributed by atoms with Crippen molar-refractivity contribution in [2.45, 2.75) is 45.7 Å². The topological polar surface area (TPSA) is 63.3 Å². The highest BCUT2D eigenvalue weighted by Crippen LogP contribution is 2.40. The maximum Gasteiger partial charge on any atom is 0.416 e. The third-order valence-electron chi connectivity index (χ3n) is 5.77. The highest BCUT2D eigenvalue weighted by Gasteiger charge is 2.31. The number of aromatic nitrogens is 1. The van der Waals surface area contributed by atoms with Crippen LogP contribution < -0.4 is 0 Å². The second-order valence-electron chi connectivity index (χ2n) is 8.38. The van der Waals surface area contributed by atoms with Crippen LogP contribution in [0.1, 0.15) is 52.6 Å². The number of carboxylic acid groups (broad SMARTS) is 1. The molecule has 0 aliphatic carbocycles. The number of carboxylic acids is 1. The summed E-state index contributed by atoms with van der Waals surface area (Å²) in [4.78, 5) is 12.3. The molecule has 0 atom stereocenters. The van der Waals surface area contributed by atoms with Gasteiger partial charge >= 0.3 is 12.1 Å². The first-order chi connectivity index (χ1) is 15.5. The molecule has 1 N–H and O–H groups in total. The van der Waals surface area contributed by atoms with Gasteiger partial charge < -0.3 is 9.63 Å². The normalized spacial score (nSPS) is 12.2. The minimum atomic E-state index is -4.38. The number of hydrogen-bond donors (Lipinski definition) is 1. The van der Waals surface area contributed by atoms with Crippen molar-refractivity contribution in [3.63, 3.8) is 0 Å². The molecule has 0 bridgehead atoms. The lowest BCUT2D eigenvalue weighted by Gasteiger charge is -2.09. The van der Waals surface area contributed by atoms with Crippen molar-refractivity contribution in [1.29, 1.82) is 0 Å². The Hall–Kier alpha value is -3.13. The number of halogens is 3. The third kappa shape index (κ3) is 4.27. The van der Waals surface area contributed by atoms with Gasteiger partial charge in [-0.3, -0.25) is 0 Å². The van der Waals surface area contributed by atoms with Gasteiger partial charge in [-0.2, -0.15) is 13.2 Å². The van der Waals surface area contributed by atoms with Crippen molar-refractivity contribution < 1.29 is 27.6 Å². The van der Waals surface area contributed by atoms with Crippen molar-refractivity contribution in [1.82, 2.24) is 5.16 Å². The molecule has 0 aliphatic rings. The molecular weight excluding hydrogens is 451 g/mol. The molecule has 172 valence electrons. The Kier molecular flexibility index (Phi) is 5.82. The largest absolute Gasteiger partial charge is 0.478 e. The van der Waals surface area contributed by atoms with E-state index in [1.165, 1.54) is 17.4 Å². The fourth-order valence-electron chi connectivity index (χ4n) is 4.16. The third-order valence-corrected chi connectivity index (χ3v) is 7.00. The number of hydrogen-bond acceptors (Lipinski definition) is 4. The molecule has 4 nitrogen and oxygen atoms in total. The van der Waals surface area contributed by atoms with Crippen molar-refractivity contribution in [2.75, 3.05) is 0 Å². The minimum Gasteiger partial charge on any atom is -0.478 e. The first-order valence-electron chi connectivity index (χ1n) is 10.4. The van der Waals surface area contributed by atoms with Crippen LogP contribution in [0.4, 0.5) is 13.2 Å². The zero-order valence-electron chi connectivity index (χ0n) is 18.3. The summed E-state index contributed by atoms with van der Waals surface area (Å²) in [6, 6.07) is 7.41. The fraction of sp³-hybridized carbons (Fsp3) is 0.280. The lowest BCUT2D eigenvalue weighted by molar-refractivity contribution is -0.137. The molecule has 0 saturated heterocycles. The number of benzene rings is 2. The molecule has 0 spiro atoms. The molecule has 0 unspecified atom stereocenters. The van der Waals surface area contributed by atoms with Gasteiger partial charge in [0, 0.05) is 15.0 Å². The lowest BCUT2D eigenvalue weighted by atomic mass is 9.96. The Labute approximate surface area is 192 Å². The van der Waals surface area contributed by atoms with Gasteiger partial charge in [-0.1, -0.05) is 31.6 Å². The Morgan fingerprint density at radius 2 is 1.91 bits per heavy atom. The molecule has 4 aromatic rings. The molecular formula is C25H22F3NO3S. The summed E-state index contributed by atoms with van der Waals surface area (Å²) < 4.78 is 45.6. The molecule has 0 fully saturated rings. The van der Waals surface area contributed by atoms with Gasteiger partial charge in [-0.15, -0.1) is 11.3 Å². The van der Waals surface area contributed by atoms with Crippen molar-refractivity contribution in [3.8, 4) is 0 Å². The van der Waals surface area contributed by atoms with E-state index >= 15 is 0 Å². The highest BCUT2D eigenvalue weighted by molar-refractivity contribution is 7.19. The van der Waals surface area contributed by atoms with Crippen molar-refractivity contribution in [3.05, 3.63) is 69.7 Å². The van der Waals surface area contributed by atoms with Gasteiger partial charge in [0.2, 0.25) is 0 Å². The summed E-state index contributed by atoms with van der Waals surface area (Å²) in [7, 11) is 0. The molecule has 2 aromatic carbocycles. The first-order valence-corrected chi connectivity index (χ1v) is 11.2. The number of nitrogens with zero attached hydrogens (tertiary/aromatic N) is 1. The molecule has 2 aromatic heterocycles. The molecule has 0 amide bonds. The quantitative estimate of drug-likeness (QED) is 0.297. The maximum atomic E-state index is 13.2. The summed E-state index contributed by atoms with van der Waals surface area (Å²) in [6.45, 7) is 9.49. The Morgan fingerprint density at radius 3 is 2.55 bits per heavy atom. The van der Waals surface area contributed by atoms with E-state index in [2.05, 4.69) is 11.7 Å². The average Bonchev–Trinajstić information content (AvgIpc) is 3.30. The van der Waals surface area contributed by atoms with E-state index in [1.54, 1.807) is 19.1 Å². The van der Waals surface area contributed by atoms with Crippen LogP contribution in [-0.4, -0.2) is 16.2 Å². The van der Waals surface area contributed by atoms with Gasteiger partial charge in [0.15, 0.2) is 5.58 Å². The number of aryl methyl sites for hydroxylation is 3. The summed E-state index contributed by atoms with van der Waals surface area (Å²) in [5.74, 6) is -0.941. The fourth-order valence-corrected chi connectivity index (χ4v) is 5.56. The van der Waals surface area contributed by atoms with Crippen LogP contribution in [0.5, 0.6) is 0 Å². The van der Waals surface area contributed by atoms with Crippen molar-refractivity contribution in [2.24, 2.45) is 0 Å². The van der Waals surface area contributed by atoms with Crippen LogP contribution in [0.3, 0.4) is 0 Å². The van der Waals surface area contributed by atoms with Crippen LogP contribution in [0.2, 0.25) is 0 Å². The zero-order valence-corrected chi connectivity index (χ0v) is 19.2. The predicted octanol–water partition coefficient (Wildman–Crippen LogP) is 7.38. The highest BCUT2D eigenvalue weighted by atomic mass is 32.1.